The van der Waals surface area contributed by atoms with Crippen LogP contribution in [-0.4, -0.2) is 50.2 Å². The lowest BCUT2D eigenvalue weighted by atomic mass is 9.91. The topological polar surface area (TPSA) is 56.3 Å². The van der Waals surface area contributed by atoms with E-state index in [1.54, 1.807) is 0 Å². The van der Waals surface area contributed by atoms with Gasteiger partial charge in [0.05, 0.1) is 5.52 Å². The molecule has 0 spiro atoms. The van der Waals surface area contributed by atoms with Crippen molar-refractivity contribution in [3.63, 3.8) is 0 Å². The summed E-state index contributed by atoms with van der Waals surface area (Å²) in [7, 11) is 8.28. The molecule has 1 fully saturated rings. The number of fused-ring (bicyclic) bond motifs is 2. The molecule has 0 atom stereocenters. The Morgan fingerprint density at radius 3 is 2.09 bits per heavy atom. The van der Waals surface area contributed by atoms with Crippen molar-refractivity contribution in [2.24, 2.45) is 0 Å². The number of nitrogens with zero attached hydrogens (tertiary/aromatic N) is 4. The van der Waals surface area contributed by atoms with Crippen molar-refractivity contribution in [3.05, 3.63) is 66.2 Å². The average molecular weight is 469 g/mol. The van der Waals surface area contributed by atoms with E-state index in [1.165, 1.54) is 22.0 Å². The maximum Gasteiger partial charge on any atom is 0.225 e. The zero-order chi connectivity index (χ0) is 24.4. The monoisotopic (exact) mass is 468 g/mol. The molecule has 6 nitrogen and oxygen atoms in total. The Morgan fingerprint density at radius 1 is 0.714 bits per heavy atom. The zero-order valence-corrected chi connectivity index (χ0v) is 21.3. The summed E-state index contributed by atoms with van der Waals surface area (Å²) >= 11 is 0. The highest BCUT2D eigenvalue weighted by molar-refractivity contribution is 5.96. The molecule has 5 rings (SSSR count). The highest BCUT2D eigenvalue weighted by Crippen LogP contribution is 2.30. The van der Waals surface area contributed by atoms with E-state index in [0.717, 1.165) is 54.9 Å². The van der Waals surface area contributed by atoms with Gasteiger partial charge in [0.15, 0.2) is 0 Å². The van der Waals surface area contributed by atoms with E-state index in [1.807, 2.05) is 26.2 Å². The van der Waals surface area contributed by atoms with Crippen LogP contribution < -0.4 is 20.4 Å². The average Bonchev–Trinajstić information content (AvgIpc) is 2.87. The zero-order valence-electron chi connectivity index (χ0n) is 21.3. The molecule has 1 aromatic heterocycles. The minimum Gasteiger partial charge on any atom is -0.377 e. The number of benzene rings is 3. The Hall–Kier alpha value is -3.38. The van der Waals surface area contributed by atoms with Crippen LogP contribution in [0, 0.1) is 0 Å². The highest BCUT2D eigenvalue weighted by Gasteiger charge is 2.22. The van der Waals surface area contributed by atoms with Crippen LogP contribution in [0.15, 0.2) is 60.7 Å². The molecule has 1 saturated carbocycles. The SMILES string of the molecule is CN(C)c1nc(N[C@H]2CC[C@@H](NCc3ccc(N(C)C)c4ccccc34)CC2)nc2ccccc12. The second-order valence-corrected chi connectivity index (χ2v) is 10.0. The number of hydrogen-bond donors (Lipinski definition) is 2. The number of aromatic nitrogens is 2. The molecule has 35 heavy (non-hydrogen) atoms. The summed E-state index contributed by atoms with van der Waals surface area (Å²) in [5, 5.41) is 11.2. The van der Waals surface area contributed by atoms with E-state index in [4.69, 9.17) is 9.97 Å². The third-order valence-corrected chi connectivity index (χ3v) is 7.12. The van der Waals surface area contributed by atoms with Crippen LogP contribution in [0.1, 0.15) is 31.2 Å². The largest absolute Gasteiger partial charge is 0.377 e. The predicted octanol–water partition coefficient (Wildman–Crippen LogP) is 5.43. The first-order valence-electron chi connectivity index (χ1n) is 12.6. The van der Waals surface area contributed by atoms with Crippen LogP contribution in [-0.2, 0) is 6.54 Å². The van der Waals surface area contributed by atoms with Crippen molar-refractivity contribution in [2.75, 3.05) is 43.3 Å². The lowest BCUT2D eigenvalue weighted by Gasteiger charge is -2.30. The molecule has 3 aromatic carbocycles. The lowest BCUT2D eigenvalue weighted by Crippen LogP contribution is -2.37. The van der Waals surface area contributed by atoms with E-state index in [0.29, 0.717) is 12.1 Å². The molecule has 0 saturated heterocycles. The number of para-hydroxylation sites is 1. The molecular weight excluding hydrogens is 432 g/mol. The standard InChI is InChI=1S/C29H36N6/c1-34(2)27-18-13-20(23-9-5-6-10-24(23)27)19-30-21-14-16-22(17-15-21)31-29-32-26-12-8-7-11-25(26)28(33-29)35(3)4/h5-13,18,21-22,30H,14-17,19H2,1-4H3,(H,31,32,33)/t21-,22+. The second kappa shape index (κ2) is 10.1. The number of rotatable bonds is 7. The maximum absolute atomic E-state index is 4.82. The summed E-state index contributed by atoms with van der Waals surface area (Å²) in [5.41, 5.74) is 3.62. The van der Waals surface area contributed by atoms with Crippen molar-refractivity contribution in [3.8, 4) is 0 Å². The fourth-order valence-corrected chi connectivity index (χ4v) is 5.23. The van der Waals surface area contributed by atoms with Crippen LogP contribution in [0.25, 0.3) is 21.7 Å². The number of nitrogens with one attached hydrogen (secondary N) is 2. The second-order valence-electron chi connectivity index (χ2n) is 10.0. The number of anilines is 3. The van der Waals surface area contributed by atoms with Gasteiger partial charge in [0.25, 0.3) is 0 Å². The van der Waals surface area contributed by atoms with E-state index >= 15 is 0 Å². The van der Waals surface area contributed by atoms with Crippen molar-refractivity contribution in [1.82, 2.24) is 15.3 Å². The molecular formula is C29H36N6. The molecule has 182 valence electrons. The van der Waals surface area contributed by atoms with Crippen LogP contribution in [0.5, 0.6) is 0 Å². The molecule has 4 aromatic rings. The van der Waals surface area contributed by atoms with Crippen LogP contribution in [0.3, 0.4) is 0 Å². The molecule has 0 aliphatic heterocycles. The van der Waals surface area contributed by atoms with Gasteiger partial charge < -0.3 is 20.4 Å². The van der Waals surface area contributed by atoms with Gasteiger partial charge in [-0.1, -0.05) is 42.5 Å². The summed E-state index contributed by atoms with van der Waals surface area (Å²) < 4.78 is 0. The fourth-order valence-electron chi connectivity index (χ4n) is 5.23. The third kappa shape index (κ3) is 5.03. The molecule has 0 amide bonds. The van der Waals surface area contributed by atoms with Gasteiger partial charge in [-0.05, 0) is 54.8 Å². The van der Waals surface area contributed by atoms with E-state index in [-0.39, 0.29) is 0 Å². The molecule has 0 unspecified atom stereocenters. The first kappa shape index (κ1) is 23.4. The highest BCUT2D eigenvalue weighted by atomic mass is 15.2. The Kier molecular flexibility index (Phi) is 6.73. The Labute approximate surface area is 208 Å². The molecule has 1 aliphatic carbocycles. The van der Waals surface area contributed by atoms with Gasteiger partial charge in [-0.2, -0.15) is 4.98 Å². The van der Waals surface area contributed by atoms with Crippen molar-refractivity contribution in [2.45, 2.75) is 44.3 Å². The van der Waals surface area contributed by atoms with Crippen molar-refractivity contribution >= 4 is 39.1 Å². The lowest BCUT2D eigenvalue weighted by molar-refractivity contribution is 0.352. The van der Waals surface area contributed by atoms with Gasteiger partial charge in [-0.25, -0.2) is 4.98 Å². The van der Waals surface area contributed by atoms with Crippen LogP contribution >= 0.6 is 0 Å². The van der Waals surface area contributed by atoms with Gasteiger partial charge in [-0.3, -0.25) is 0 Å². The minimum absolute atomic E-state index is 0.407. The normalized spacial score (nSPS) is 18.1. The van der Waals surface area contributed by atoms with Gasteiger partial charge >= 0.3 is 0 Å². The summed E-state index contributed by atoms with van der Waals surface area (Å²) in [6.45, 7) is 0.900. The quantitative estimate of drug-likeness (QED) is 0.377. The number of hydrogen-bond acceptors (Lipinski definition) is 6. The summed E-state index contributed by atoms with van der Waals surface area (Å²) in [5.74, 6) is 1.69. The Balaban J connectivity index is 1.21. The van der Waals surface area contributed by atoms with E-state index in [2.05, 4.69) is 83.1 Å². The third-order valence-electron chi connectivity index (χ3n) is 7.12. The van der Waals surface area contributed by atoms with Gasteiger partial charge in [0.1, 0.15) is 5.82 Å². The van der Waals surface area contributed by atoms with Crippen LogP contribution in [0.4, 0.5) is 17.5 Å². The molecule has 1 aliphatic rings. The van der Waals surface area contributed by atoms with Gasteiger partial charge in [0, 0.05) is 63.3 Å². The molecule has 1 heterocycles. The van der Waals surface area contributed by atoms with Crippen molar-refractivity contribution < 1.29 is 0 Å². The first-order valence-corrected chi connectivity index (χ1v) is 12.6. The first-order chi connectivity index (χ1) is 17.0. The molecule has 2 N–H and O–H groups in total. The molecule has 0 radical (unpaired) electrons. The molecule has 6 heteroatoms. The van der Waals surface area contributed by atoms with Crippen LogP contribution in [0.2, 0.25) is 0 Å². The molecule has 0 bridgehead atoms. The van der Waals surface area contributed by atoms with Crippen molar-refractivity contribution in [1.29, 1.82) is 0 Å². The summed E-state index contributed by atoms with van der Waals surface area (Å²) in [6.07, 6.45) is 4.54. The van der Waals surface area contributed by atoms with E-state index < -0.39 is 0 Å². The Bertz CT molecular complexity index is 1310. The smallest absolute Gasteiger partial charge is 0.225 e. The van der Waals surface area contributed by atoms with Gasteiger partial charge in [0.2, 0.25) is 5.95 Å². The van der Waals surface area contributed by atoms with Gasteiger partial charge in [-0.15, -0.1) is 0 Å². The minimum atomic E-state index is 0.407. The Morgan fingerprint density at radius 2 is 1.37 bits per heavy atom. The summed E-state index contributed by atoms with van der Waals surface area (Å²) in [6, 6.07) is 22.4. The summed E-state index contributed by atoms with van der Waals surface area (Å²) in [4.78, 5) is 13.9. The predicted molar refractivity (Wildman–Crippen MR) is 149 cm³/mol. The fraction of sp³-hybridized carbons (Fsp3) is 0.379. The maximum atomic E-state index is 4.82. The van der Waals surface area contributed by atoms with E-state index in [9.17, 15) is 0 Å².